The van der Waals surface area contributed by atoms with E-state index >= 15 is 0 Å². The summed E-state index contributed by atoms with van der Waals surface area (Å²) in [5.41, 5.74) is 0. The Morgan fingerprint density at radius 2 is 2.47 bits per heavy atom. The van der Waals surface area contributed by atoms with Gasteiger partial charge in [-0.2, -0.15) is 4.31 Å². The minimum Gasteiger partial charge on any atom is -0.395 e. The Hall–Kier alpha value is -0.920. The molecule has 2 rings (SSSR count). The van der Waals surface area contributed by atoms with Crippen LogP contribution in [0.25, 0.3) is 0 Å². The summed E-state index contributed by atoms with van der Waals surface area (Å²) in [5, 5.41) is 9.15. The Morgan fingerprint density at radius 3 is 3.07 bits per heavy atom. The van der Waals surface area contributed by atoms with Gasteiger partial charge in [0.25, 0.3) is 10.0 Å². The van der Waals surface area contributed by atoms with Crippen molar-refractivity contribution >= 4 is 10.0 Å². The molecule has 1 aliphatic heterocycles. The van der Waals surface area contributed by atoms with E-state index in [0.29, 0.717) is 13.0 Å². The molecule has 0 aliphatic carbocycles. The van der Waals surface area contributed by atoms with Crippen LogP contribution in [0.15, 0.2) is 17.6 Å². The maximum atomic E-state index is 12.0. The summed E-state index contributed by atoms with van der Waals surface area (Å²) in [6, 6.07) is -0.293. The topological polar surface area (TPSA) is 86.3 Å². The first kappa shape index (κ1) is 10.6. The van der Waals surface area contributed by atoms with E-state index in [4.69, 9.17) is 5.11 Å². The number of aliphatic hydroxyl groups is 1. The third kappa shape index (κ3) is 1.77. The number of hydrogen-bond acceptors (Lipinski definition) is 4. The van der Waals surface area contributed by atoms with Gasteiger partial charge in [-0.1, -0.05) is 0 Å². The van der Waals surface area contributed by atoms with Gasteiger partial charge in [0.2, 0.25) is 0 Å². The molecule has 0 saturated carbocycles. The Morgan fingerprint density at radius 1 is 1.67 bits per heavy atom. The fourth-order valence-corrected chi connectivity index (χ4v) is 3.40. The van der Waals surface area contributed by atoms with Crippen LogP contribution in [0.5, 0.6) is 0 Å². The normalized spacial score (nSPS) is 23.4. The minimum absolute atomic E-state index is 0.0860. The van der Waals surface area contributed by atoms with Crippen LogP contribution in [0.2, 0.25) is 0 Å². The maximum absolute atomic E-state index is 12.0. The number of aromatic amines is 1. The van der Waals surface area contributed by atoms with E-state index in [2.05, 4.69) is 9.97 Å². The molecule has 0 spiro atoms. The van der Waals surface area contributed by atoms with E-state index in [1.165, 1.54) is 16.8 Å². The molecular formula is C8H13N3O3S. The van der Waals surface area contributed by atoms with Gasteiger partial charge in [0, 0.05) is 12.6 Å². The SMILES string of the molecule is O=S(=O)(c1cnc[nH]1)N1CCC[C@@H]1CO. The molecule has 0 radical (unpaired) electrons. The highest BCUT2D eigenvalue weighted by molar-refractivity contribution is 7.89. The third-order valence-electron chi connectivity index (χ3n) is 2.59. The first-order chi connectivity index (χ1) is 7.16. The van der Waals surface area contributed by atoms with Crippen LogP contribution < -0.4 is 0 Å². The minimum atomic E-state index is -3.50. The lowest BCUT2D eigenvalue weighted by Gasteiger charge is -2.21. The smallest absolute Gasteiger partial charge is 0.260 e. The quantitative estimate of drug-likeness (QED) is 0.738. The molecule has 1 saturated heterocycles. The number of aromatic nitrogens is 2. The van der Waals surface area contributed by atoms with Crippen molar-refractivity contribution in [2.24, 2.45) is 0 Å². The highest BCUT2D eigenvalue weighted by atomic mass is 32.2. The van der Waals surface area contributed by atoms with E-state index in [0.717, 1.165) is 6.42 Å². The molecule has 1 aliphatic rings. The molecule has 84 valence electrons. The van der Waals surface area contributed by atoms with Gasteiger partial charge in [-0.05, 0) is 12.8 Å². The van der Waals surface area contributed by atoms with Crippen LogP contribution in [0, 0.1) is 0 Å². The van der Waals surface area contributed by atoms with Crippen LogP contribution in [0.4, 0.5) is 0 Å². The van der Waals surface area contributed by atoms with Gasteiger partial charge in [-0.25, -0.2) is 13.4 Å². The third-order valence-corrected chi connectivity index (χ3v) is 4.47. The second kappa shape index (κ2) is 3.92. The Labute approximate surface area is 88.0 Å². The second-order valence-corrected chi connectivity index (χ2v) is 5.37. The molecule has 1 aromatic rings. The largest absolute Gasteiger partial charge is 0.395 e. The number of sulfonamides is 1. The predicted molar refractivity (Wildman–Crippen MR) is 52.6 cm³/mol. The highest BCUT2D eigenvalue weighted by Gasteiger charge is 2.35. The Balaban J connectivity index is 2.30. The molecule has 1 fully saturated rings. The van der Waals surface area contributed by atoms with E-state index in [1.807, 2.05) is 0 Å². The van der Waals surface area contributed by atoms with Gasteiger partial charge in [0.1, 0.15) is 0 Å². The molecule has 1 aromatic heterocycles. The molecule has 6 nitrogen and oxygen atoms in total. The summed E-state index contributed by atoms with van der Waals surface area (Å²) in [6.07, 6.45) is 4.11. The van der Waals surface area contributed by atoms with Crippen molar-refractivity contribution in [1.29, 1.82) is 0 Å². The van der Waals surface area contributed by atoms with Gasteiger partial charge in [0.15, 0.2) is 5.03 Å². The van der Waals surface area contributed by atoms with Crippen LogP contribution in [-0.2, 0) is 10.0 Å². The van der Waals surface area contributed by atoms with Crippen molar-refractivity contribution < 1.29 is 13.5 Å². The fraction of sp³-hybridized carbons (Fsp3) is 0.625. The lowest BCUT2D eigenvalue weighted by Crippen LogP contribution is -2.37. The summed E-state index contributed by atoms with van der Waals surface area (Å²) in [7, 11) is -3.50. The van der Waals surface area contributed by atoms with E-state index in [1.54, 1.807) is 0 Å². The zero-order valence-corrected chi connectivity index (χ0v) is 8.94. The van der Waals surface area contributed by atoms with Crippen LogP contribution >= 0.6 is 0 Å². The molecular weight excluding hydrogens is 218 g/mol. The molecule has 2 heterocycles. The fourth-order valence-electron chi connectivity index (χ4n) is 1.82. The van der Waals surface area contributed by atoms with Crippen LogP contribution in [-0.4, -0.2) is 47.0 Å². The van der Waals surface area contributed by atoms with Crippen LogP contribution in [0.1, 0.15) is 12.8 Å². The second-order valence-electron chi connectivity index (χ2n) is 3.51. The van der Waals surface area contributed by atoms with Crippen molar-refractivity contribution in [3.63, 3.8) is 0 Å². The average molecular weight is 231 g/mol. The molecule has 7 heteroatoms. The Kier molecular flexibility index (Phi) is 2.76. The zero-order chi connectivity index (χ0) is 10.9. The number of imidazole rings is 1. The van der Waals surface area contributed by atoms with Crippen molar-refractivity contribution in [2.75, 3.05) is 13.2 Å². The molecule has 15 heavy (non-hydrogen) atoms. The molecule has 0 aromatic carbocycles. The average Bonchev–Trinajstić information content (AvgIpc) is 2.89. The van der Waals surface area contributed by atoms with E-state index in [-0.39, 0.29) is 17.7 Å². The number of hydrogen-bond donors (Lipinski definition) is 2. The molecule has 0 bridgehead atoms. The number of H-pyrrole nitrogens is 1. The van der Waals surface area contributed by atoms with Crippen LogP contribution in [0.3, 0.4) is 0 Å². The highest BCUT2D eigenvalue weighted by Crippen LogP contribution is 2.24. The number of rotatable bonds is 3. The molecule has 0 amide bonds. The lowest BCUT2D eigenvalue weighted by atomic mass is 10.2. The van der Waals surface area contributed by atoms with Gasteiger partial charge < -0.3 is 10.1 Å². The number of nitrogens with one attached hydrogen (secondary N) is 1. The monoisotopic (exact) mass is 231 g/mol. The summed E-state index contributed by atoms with van der Waals surface area (Å²) in [5.74, 6) is 0. The van der Waals surface area contributed by atoms with Gasteiger partial charge in [-0.3, -0.25) is 0 Å². The summed E-state index contributed by atoms with van der Waals surface area (Å²) in [4.78, 5) is 6.26. The van der Waals surface area contributed by atoms with Gasteiger partial charge >= 0.3 is 0 Å². The maximum Gasteiger partial charge on any atom is 0.260 e. The van der Waals surface area contributed by atoms with E-state index in [9.17, 15) is 8.42 Å². The van der Waals surface area contributed by atoms with Gasteiger partial charge in [-0.15, -0.1) is 0 Å². The Bertz CT molecular complexity index is 414. The predicted octanol–water partition coefficient (Wildman–Crippen LogP) is -0.445. The number of aliphatic hydroxyl groups excluding tert-OH is 1. The van der Waals surface area contributed by atoms with E-state index < -0.39 is 10.0 Å². The zero-order valence-electron chi connectivity index (χ0n) is 8.13. The van der Waals surface area contributed by atoms with Crippen molar-refractivity contribution in [2.45, 2.75) is 23.9 Å². The molecule has 2 N–H and O–H groups in total. The summed E-state index contributed by atoms with van der Waals surface area (Å²) >= 11 is 0. The van der Waals surface area contributed by atoms with Crippen molar-refractivity contribution in [3.8, 4) is 0 Å². The summed E-state index contributed by atoms with van der Waals surface area (Å²) < 4.78 is 25.4. The summed E-state index contributed by atoms with van der Waals surface area (Å²) in [6.45, 7) is 0.333. The molecule has 0 unspecified atom stereocenters. The van der Waals surface area contributed by atoms with Crippen molar-refractivity contribution in [1.82, 2.24) is 14.3 Å². The van der Waals surface area contributed by atoms with Crippen molar-refractivity contribution in [3.05, 3.63) is 12.5 Å². The standard InChI is InChI=1S/C8H13N3O3S/c12-5-7-2-1-3-11(7)15(13,14)8-4-9-6-10-8/h4,6-7,12H,1-3,5H2,(H,9,10)/t7-/m1/s1. The van der Waals surface area contributed by atoms with Gasteiger partial charge in [0.05, 0.1) is 19.1 Å². The molecule has 1 atom stereocenters. The first-order valence-corrected chi connectivity index (χ1v) is 6.21. The lowest BCUT2D eigenvalue weighted by molar-refractivity contribution is 0.213. The number of nitrogens with zero attached hydrogens (tertiary/aromatic N) is 2. The first-order valence-electron chi connectivity index (χ1n) is 4.77.